The van der Waals surface area contributed by atoms with E-state index in [1.807, 2.05) is 30.3 Å². The van der Waals surface area contributed by atoms with Crippen molar-refractivity contribution in [1.29, 1.82) is 0 Å². The molecule has 2 aliphatic rings. The van der Waals surface area contributed by atoms with Crippen LogP contribution in [0.1, 0.15) is 42.6 Å². The van der Waals surface area contributed by atoms with Gasteiger partial charge < -0.3 is 10.1 Å². The molecule has 14 heteroatoms. The highest BCUT2D eigenvalue weighted by Crippen LogP contribution is 2.38. The minimum absolute atomic E-state index is 0.0715. The van der Waals surface area contributed by atoms with Crippen molar-refractivity contribution < 1.29 is 28.6 Å². The summed E-state index contributed by atoms with van der Waals surface area (Å²) in [6, 6.07) is 14.2. The molecule has 0 spiro atoms. The van der Waals surface area contributed by atoms with Crippen LogP contribution in [0.5, 0.6) is 0 Å². The molecule has 0 aliphatic carbocycles. The number of amides is 4. The number of para-hydroxylation sites is 1. The summed E-state index contributed by atoms with van der Waals surface area (Å²) in [6.45, 7) is 0.294. The van der Waals surface area contributed by atoms with Crippen LogP contribution in [-0.2, 0) is 29.1 Å². The van der Waals surface area contributed by atoms with Crippen LogP contribution in [0.25, 0.3) is 0 Å². The average Bonchev–Trinajstić information content (AvgIpc) is 3.67. The molecule has 2 aromatic carbocycles. The van der Waals surface area contributed by atoms with Gasteiger partial charge in [0.1, 0.15) is 6.61 Å². The number of unbranched alkanes of at least 4 members (excludes halogenated alkanes) is 1. The lowest BCUT2D eigenvalue weighted by Gasteiger charge is -2.21. The van der Waals surface area contributed by atoms with E-state index in [1.165, 1.54) is 22.6 Å². The van der Waals surface area contributed by atoms with Gasteiger partial charge in [0.05, 0.1) is 23.2 Å². The van der Waals surface area contributed by atoms with Gasteiger partial charge in [0.2, 0.25) is 0 Å². The average molecular weight is 591 g/mol. The monoisotopic (exact) mass is 590 g/mol. The quantitative estimate of drug-likeness (QED) is 0.211. The first-order valence-corrected chi connectivity index (χ1v) is 13.8. The molecular formula is C29H30N6O8. The molecule has 0 unspecified atom stereocenters. The third kappa shape index (κ3) is 6.03. The van der Waals surface area contributed by atoms with Gasteiger partial charge in [-0.1, -0.05) is 53.7 Å². The van der Waals surface area contributed by atoms with Crippen molar-refractivity contribution in [2.45, 2.75) is 51.3 Å². The Hall–Kier alpha value is -5.27. The summed E-state index contributed by atoms with van der Waals surface area (Å²) in [6.07, 6.45) is 1.33. The number of aryl methyl sites for hydroxylation is 1. The number of aromatic nitrogens is 2. The van der Waals surface area contributed by atoms with Gasteiger partial charge in [0, 0.05) is 37.2 Å². The smallest absolute Gasteiger partial charge is 0.441 e. The molecule has 1 N–H and O–H groups in total. The van der Waals surface area contributed by atoms with Crippen molar-refractivity contribution in [3.05, 3.63) is 103 Å². The number of nitrogens with one attached hydrogen (secondary N) is 1. The number of imide groups is 1. The fourth-order valence-corrected chi connectivity index (χ4v) is 5.49. The van der Waals surface area contributed by atoms with Crippen molar-refractivity contribution in [3.63, 3.8) is 0 Å². The van der Waals surface area contributed by atoms with E-state index in [-0.39, 0.29) is 25.3 Å². The van der Waals surface area contributed by atoms with Gasteiger partial charge in [-0.05, 0) is 31.2 Å². The lowest BCUT2D eigenvalue weighted by Crippen LogP contribution is -2.45. The van der Waals surface area contributed by atoms with Crippen molar-refractivity contribution in [2.75, 3.05) is 13.6 Å². The molecule has 5 rings (SSSR count). The molecular weight excluding hydrogens is 560 g/mol. The molecule has 0 radical (unpaired) electrons. The minimum atomic E-state index is -0.733. The Labute approximate surface area is 245 Å². The van der Waals surface area contributed by atoms with Crippen LogP contribution >= 0.6 is 0 Å². The van der Waals surface area contributed by atoms with Gasteiger partial charge in [0.25, 0.3) is 11.6 Å². The Kier molecular flexibility index (Phi) is 8.64. The van der Waals surface area contributed by atoms with E-state index in [0.717, 1.165) is 10.5 Å². The number of rotatable bonds is 10. The number of nitro groups is 1. The molecule has 1 saturated heterocycles. The van der Waals surface area contributed by atoms with Gasteiger partial charge in [-0.25, -0.2) is 14.4 Å². The van der Waals surface area contributed by atoms with Crippen LogP contribution in [0.2, 0.25) is 0 Å². The number of hydrogen-bond acceptors (Lipinski definition) is 9. The predicted molar refractivity (Wildman–Crippen MR) is 151 cm³/mol. The summed E-state index contributed by atoms with van der Waals surface area (Å²) in [7, 11) is 1.44. The summed E-state index contributed by atoms with van der Waals surface area (Å²) in [5.74, 6) is -0.881. The largest absolute Gasteiger partial charge is 0.444 e. The Bertz CT molecular complexity index is 1630. The normalized spacial score (nSPS) is 16.0. The summed E-state index contributed by atoms with van der Waals surface area (Å²) in [5.41, 5.74) is 1.88. The molecule has 4 amide bonds. The number of urea groups is 1. The van der Waals surface area contributed by atoms with E-state index >= 15 is 0 Å². The first-order valence-electron chi connectivity index (χ1n) is 13.8. The maximum absolute atomic E-state index is 13.4. The number of carbonyl (C=O) groups is 3. The molecule has 43 heavy (non-hydrogen) atoms. The second-order valence-corrected chi connectivity index (χ2v) is 10.1. The van der Waals surface area contributed by atoms with Crippen LogP contribution in [0.4, 0.5) is 15.3 Å². The number of benzene rings is 2. The lowest BCUT2D eigenvalue weighted by atomic mass is 10.0. The minimum Gasteiger partial charge on any atom is -0.444 e. The summed E-state index contributed by atoms with van der Waals surface area (Å²) >= 11 is 0. The Morgan fingerprint density at radius 1 is 1.09 bits per heavy atom. The van der Waals surface area contributed by atoms with Gasteiger partial charge in [-0.3, -0.25) is 33.8 Å². The van der Waals surface area contributed by atoms with E-state index in [4.69, 9.17) is 9.26 Å². The summed E-state index contributed by atoms with van der Waals surface area (Å²) in [5, 5.41) is 17.7. The van der Waals surface area contributed by atoms with Crippen molar-refractivity contribution in [3.8, 4) is 0 Å². The number of nitro benzene ring substituents is 1. The molecule has 1 aromatic heterocycles. The van der Waals surface area contributed by atoms with Crippen LogP contribution in [-0.4, -0.2) is 62.1 Å². The topological polar surface area (TPSA) is 170 Å². The summed E-state index contributed by atoms with van der Waals surface area (Å²) < 4.78 is 11.6. The van der Waals surface area contributed by atoms with E-state index in [9.17, 15) is 29.3 Å². The maximum Gasteiger partial charge on any atom is 0.441 e. The zero-order chi connectivity index (χ0) is 30.5. The van der Waals surface area contributed by atoms with E-state index in [2.05, 4.69) is 10.5 Å². The van der Waals surface area contributed by atoms with Gasteiger partial charge in [-0.2, -0.15) is 0 Å². The Balaban J connectivity index is 1.28. The SMILES string of the molecule is CNC(=O)N1C(=O)C(CCCCc2noc(=O)n2Cc2ccccc2[N+](=O)[O-])=C2[C@@H]1CCN2C(=O)OCc1ccccc1. The van der Waals surface area contributed by atoms with E-state index < -0.39 is 34.8 Å². The molecule has 3 aromatic rings. The van der Waals surface area contributed by atoms with Gasteiger partial charge >= 0.3 is 17.9 Å². The van der Waals surface area contributed by atoms with E-state index in [0.29, 0.717) is 54.9 Å². The Morgan fingerprint density at radius 2 is 1.81 bits per heavy atom. The zero-order valence-corrected chi connectivity index (χ0v) is 23.4. The van der Waals surface area contributed by atoms with Crippen molar-refractivity contribution >= 4 is 23.7 Å². The molecule has 14 nitrogen and oxygen atoms in total. The number of hydrogen-bond donors (Lipinski definition) is 1. The molecule has 2 aliphatic heterocycles. The maximum atomic E-state index is 13.4. The van der Waals surface area contributed by atoms with E-state index in [1.54, 1.807) is 18.2 Å². The number of fused-ring (bicyclic) bond motifs is 1. The first-order chi connectivity index (χ1) is 20.8. The standard InChI is InChI=1S/C29H30N6O8/c1-30-27(37)34-23-15-16-32(28(38)42-18-19-9-3-2-4-10-19)25(23)21(26(34)36)12-6-8-14-24-31-43-29(39)33(24)17-20-11-5-7-13-22(20)35(40)41/h2-5,7,9-11,13,23H,6,8,12,14-18H2,1H3,(H,30,37)/t23-/m0/s1. The van der Waals surface area contributed by atoms with Gasteiger partial charge in [0.15, 0.2) is 5.82 Å². The number of likely N-dealkylation sites (tertiary alicyclic amines) is 1. The second-order valence-electron chi connectivity index (χ2n) is 10.1. The number of nitrogens with zero attached hydrogens (tertiary/aromatic N) is 5. The Morgan fingerprint density at radius 3 is 2.56 bits per heavy atom. The van der Waals surface area contributed by atoms with Crippen LogP contribution in [0.15, 0.2) is 75.2 Å². The highest BCUT2D eigenvalue weighted by atomic mass is 16.6. The second kappa shape index (κ2) is 12.7. The van der Waals surface area contributed by atoms with Crippen LogP contribution < -0.4 is 11.1 Å². The lowest BCUT2D eigenvalue weighted by molar-refractivity contribution is -0.385. The molecule has 1 atom stereocenters. The molecule has 1 fully saturated rings. The molecule has 3 heterocycles. The predicted octanol–water partition coefficient (Wildman–Crippen LogP) is 3.35. The third-order valence-electron chi connectivity index (χ3n) is 7.54. The van der Waals surface area contributed by atoms with Crippen molar-refractivity contribution in [2.24, 2.45) is 0 Å². The fourth-order valence-electron chi connectivity index (χ4n) is 5.49. The first kappa shape index (κ1) is 29.2. The van der Waals surface area contributed by atoms with Gasteiger partial charge in [-0.15, -0.1) is 0 Å². The number of carbonyl (C=O) groups excluding carboxylic acids is 3. The summed E-state index contributed by atoms with van der Waals surface area (Å²) in [4.78, 5) is 64.9. The number of ether oxygens (including phenoxy) is 1. The van der Waals surface area contributed by atoms with Crippen molar-refractivity contribution in [1.82, 2.24) is 24.8 Å². The molecule has 0 bridgehead atoms. The molecule has 224 valence electrons. The highest BCUT2D eigenvalue weighted by Gasteiger charge is 2.49. The highest BCUT2D eigenvalue weighted by molar-refractivity contribution is 6.08. The van der Waals surface area contributed by atoms with Crippen LogP contribution in [0, 0.1) is 10.1 Å². The molecule has 0 saturated carbocycles. The third-order valence-corrected chi connectivity index (χ3v) is 7.54. The zero-order valence-electron chi connectivity index (χ0n) is 23.4. The van der Waals surface area contributed by atoms with Crippen LogP contribution in [0.3, 0.4) is 0 Å². The fraction of sp³-hybridized carbons (Fsp3) is 0.345.